The van der Waals surface area contributed by atoms with Crippen LogP contribution in [0.2, 0.25) is 0 Å². The zero-order valence-electron chi connectivity index (χ0n) is 9.18. The van der Waals surface area contributed by atoms with Gasteiger partial charge in [-0.3, -0.25) is 5.41 Å². The second kappa shape index (κ2) is 5.22. The van der Waals surface area contributed by atoms with Gasteiger partial charge in [-0.25, -0.2) is 0 Å². The van der Waals surface area contributed by atoms with E-state index in [1.165, 1.54) is 0 Å². The lowest BCUT2D eigenvalue weighted by atomic mass is 9.88. The van der Waals surface area contributed by atoms with Crippen molar-refractivity contribution < 1.29 is 4.74 Å². The molecule has 0 rings (SSSR count). The van der Waals surface area contributed by atoms with E-state index in [2.05, 4.69) is 13.8 Å². The maximum absolute atomic E-state index is 7.35. The fourth-order valence-corrected chi connectivity index (χ4v) is 0.768. The van der Waals surface area contributed by atoms with Gasteiger partial charge in [0, 0.05) is 12.0 Å². The SMILES string of the molecule is CCC(C)OCCC(C)(C)C(=N)N. The first-order chi connectivity index (χ1) is 5.90. The molecule has 1 unspecified atom stereocenters. The average Bonchev–Trinajstić information content (AvgIpc) is 2.03. The van der Waals surface area contributed by atoms with Crippen molar-refractivity contribution in [2.45, 2.75) is 46.6 Å². The minimum Gasteiger partial charge on any atom is -0.387 e. The quantitative estimate of drug-likeness (QED) is 0.493. The summed E-state index contributed by atoms with van der Waals surface area (Å²) < 4.78 is 5.52. The second-order valence-electron chi connectivity index (χ2n) is 4.14. The predicted molar refractivity (Wildman–Crippen MR) is 56.0 cm³/mol. The highest BCUT2D eigenvalue weighted by atomic mass is 16.5. The molecule has 0 amide bonds. The maximum Gasteiger partial charge on any atom is 0.0963 e. The lowest BCUT2D eigenvalue weighted by molar-refractivity contribution is 0.0519. The van der Waals surface area contributed by atoms with Crippen LogP contribution in [0.5, 0.6) is 0 Å². The molecule has 0 aliphatic carbocycles. The average molecular weight is 186 g/mol. The van der Waals surface area contributed by atoms with Gasteiger partial charge in [-0.05, 0) is 19.8 Å². The molecule has 3 nitrogen and oxygen atoms in total. The topological polar surface area (TPSA) is 59.1 Å². The van der Waals surface area contributed by atoms with Crippen LogP contribution in [0.25, 0.3) is 0 Å². The van der Waals surface area contributed by atoms with E-state index in [0.29, 0.717) is 12.7 Å². The molecule has 0 saturated heterocycles. The van der Waals surface area contributed by atoms with E-state index in [9.17, 15) is 0 Å². The van der Waals surface area contributed by atoms with Crippen LogP contribution in [-0.4, -0.2) is 18.5 Å². The maximum atomic E-state index is 7.35. The number of nitrogens with one attached hydrogen (secondary N) is 1. The molecular weight excluding hydrogens is 164 g/mol. The van der Waals surface area contributed by atoms with Gasteiger partial charge < -0.3 is 10.5 Å². The Morgan fingerprint density at radius 1 is 1.54 bits per heavy atom. The molecule has 0 fully saturated rings. The summed E-state index contributed by atoms with van der Waals surface area (Å²) in [6.07, 6.45) is 2.15. The largest absolute Gasteiger partial charge is 0.387 e. The zero-order valence-corrected chi connectivity index (χ0v) is 9.18. The molecule has 0 aromatic carbocycles. The highest BCUT2D eigenvalue weighted by Crippen LogP contribution is 2.19. The molecule has 78 valence electrons. The predicted octanol–water partition coefficient (Wildman–Crippen LogP) is 2.15. The van der Waals surface area contributed by atoms with Crippen molar-refractivity contribution in [1.82, 2.24) is 0 Å². The van der Waals surface area contributed by atoms with Crippen LogP contribution in [0.3, 0.4) is 0 Å². The third-order valence-electron chi connectivity index (χ3n) is 2.43. The van der Waals surface area contributed by atoms with Crippen molar-refractivity contribution in [3.63, 3.8) is 0 Å². The molecule has 0 radical (unpaired) electrons. The number of hydrogen-bond donors (Lipinski definition) is 2. The Hall–Kier alpha value is -0.570. The number of nitrogens with two attached hydrogens (primary N) is 1. The van der Waals surface area contributed by atoms with Gasteiger partial charge in [0.15, 0.2) is 0 Å². The first-order valence-electron chi connectivity index (χ1n) is 4.86. The van der Waals surface area contributed by atoms with Crippen molar-refractivity contribution in [2.75, 3.05) is 6.61 Å². The highest BCUT2D eigenvalue weighted by molar-refractivity contribution is 5.82. The standard InChI is InChI=1S/C10H22N2O/c1-5-8(2)13-7-6-10(3,4)9(11)12/h8H,5-7H2,1-4H3,(H3,11,12). The van der Waals surface area contributed by atoms with Crippen molar-refractivity contribution in [3.05, 3.63) is 0 Å². The minimum absolute atomic E-state index is 0.229. The van der Waals surface area contributed by atoms with Crippen molar-refractivity contribution in [1.29, 1.82) is 5.41 Å². The molecule has 0 aromatic heterocycles. The van der Waals surface area contributed by atoms with E-state index in [0.717, 1.165) is 12.8 Å². The molecule has 0 aromatic rings. The molecule has 13 heavy (non-hydrogen) atoms. The lowest BCUT2D eigenvalue weighted by Crippen LogP contribution is -2.32. The molecule has 3 heteroatoms. The zero-order chi connectivity index (χ0) is 10.5. The van der Waals surface area contributed by atoms with Crippen LogP contribution in [0.1, 0.15) is 40.5 Å². The van der Waals surface area contributed by atoms with Gasteiger partial charge in [-0.1, -0.05) is 20.8 Å². The van der Waals surface area contributed by atoms with Crippen molar-refractivity contribution >= 4 is 5.84 Å². The van der Waals surface area contributed by atoms with Gasteiger partial charge in [0.2, 0.25) is 0 Å². The summed E-state index contributed by atoms with van der Waals surface area (Å²) in [5.41, 5.74) is 5.22. The van der Waals surface area contributed by atoms with Gasteiger partial charge in [0.25, 0.3) is 0 Å². The lowest BCUT2D eigenvalue weighted by Gasteiger charge is -2.23. The summed E-state index contributed by atoms with van der Waals surface area (Å²) >= 11 is 0. The summed E-state index contributed by atoms with van der Waals surface area (Å²) in [6, 6.07) is 0. The first kappa shape index (κ1) is 12.4. The van der Waals surface area contributed by atoms with Crippen LogP contribution in [0.15, 0.2) is 0 Å². The van der Waals surface area contributed by atoms with Crippen molar-refractivity contribution in [3.8, 4) is 0 Å². The Morgan fingerprint density at radius 3 is 2.46 bits per heavy atom. The number of hydrogen-bond acceptors (Lipinski definition) is 2. The number of amidine groups is 1. The minimum atomic E-state index is -0.229. The van der Waals surface area contributed by atoms with Crippen LogP contribution in [-0.2, 0) is 4.74 Å². The van der Waals surface area contributed by atoms with E-state index < -0.39 is 0 Å². The first-order valence-corrected chi connectivity index (χ1v) is 4.86. The molecule has 0 saturated carbocycles. The molecular formula is C10H22N2O. The Labute approximate surface area is 81.2 Å². The summed E-state index contributed by atoms with van der Waals surface area (Å²) in [6.45, 7) is 8.77. The van der Waals surface area contributed by atoms with Crippen LogP contribution >= 0.6 is 0 Å². The third-order valence-corrected chi connectivity index (χ3v) is 2.43. The van der Waals surface area contributed by atoms with Gasteiger partial charge in [0.05, 0.1) is 11.9 Å². The Balaban J connectivity index is 3.70. The third kappa shape index (κ3) is 4.88. The molecule has 3 N–H and O–H groups in total. The monoisotopic (exact) mass is 186 g/mol. The molecule has 0 aliphatic heterocycles. The molecule has 1 atom stereocenters. The summed E-state index contributed by atoms with van der Waals surface area (Å²) in [5.74, 6) is 0.236. The number of ether oxygens (including phenoxy) is 1. The van der Waals surface area contributed by atoms with E-state index in [4.69, 9.17) is 15.9 Å². The molecule has 0 aliphatic rings. The van der Waals surface area contributed by atoms with E-state index in [-0.39, 0.29) is 11.3 Å². The molecule has 0 bridgehead atoms. The Kier molecular flexibility index (Phi) is 4.99. The Bertz CT molecular complexity index is 166. The van der Waals surface area contributed by atoms with Crippen LogP contribution in [0, 0.1) is 10.8 Å². The van der Waals surface area contributed by atoms with Crippen LogP contribution in [0.4, 0.5) is 0 Å². The fraction of sp³-hybridized carbons (Fsp3) is 0.900. The fourth-order valence-electron chi connectivity index (χ4n) is 0.768. The van der Waals surface area contributed by atoms with Gasteiger partial charge in [-0.15, -0.1) is 0 Å². The van der Waals surface area contributed by atoms with Crippen molar-refractivity contribution in [2.24, 2.45) is 11.1 Å². The summed E-state index contributed by atoms with van der Waals surface area (Å²) in [5, 5.41) is 7.35. The molecule has 0 heterocycles. The highest BCUT2D eigenvalue weighted by Gasteiger charge is 2.21. The smallest absolute Gasteiger partial charge is 0.0963 e. The summed E-state index contributed by atoms with van der Waals surface area (Å²) in [7, 11) is 0. The van der Waals surface area contributed by atoms with Crippen LogP contribution < -0.4 is 5.73 Å². The Morgan fingerprint density at radius 2 is 2.08 bits per heavy atom. The van der Waals surface area contributed by atoms with E-state index in [1.807, 2.05) is 13.8 Å². The van der Waals surface area contributed by atoms with Gasteiger partial charge in [-0.2, -0.15) is 0 Å². The summed E-state index contributed by atoms with van der Waals surface area (Å²) in [4.78, 5) is 0. The van der Waals surface area contributed by atoms with Gasteiger partial charge in [0.1, 0.15) is 0 Å². The van der Waals surface area contributed by atoms with E-state index in [1.54, 1.807) is 0 Å². The van der Waals surface area contributed by atoms with E-state index >= 15 is 0 Å². The number of rotatable bonds is 6. The molecule has 0 spiro atoms. The van der Waals surface area contributed by atoms with Gasteiger partial charge >= 0.3 is 0 Å². The normalized spacial score (nSPS) is 14.2. The second-order valence-corrected chi connectivity index (χ2v) is 4.14.